The highest BCUT2D eigenvalue weighted by Crippen LogP contribution is 2.23. The molecule has 1 heterocycles. The molecule has 1 aromatic heterocycles. The topological polar surface area (TPSA) is 95.5 Å². The van der Waals surface area contributed by atoms with Crippen molar-refractivity contribution in [2.24, 2.45) is 0 Å². The van der Waals surface area contributed by atoms with Gasteiger partial charge in [-0.2, -0.15) is 0 Å². The Bertz CT molecular complexity index is 918. The van der Waals surface area contributed by atoms with Crippen molar-refractivity contribution in [1.29, 1.82) is 0 Å². The highest BCUT2D eigenvalue weighted by molar-refractivity contribution is 5.92. The van der Waals surface area contributed by atoms with Gasteiger partial charge in [0.15, 0.2) is 5.76 Å². The summed E-state index contributed by atoms with van der Waals surface area (Å²) < 4.78 is 10.4. The van der Waals surface area contributed by atoms with Crippen LogP contribution in [0.3, 0.4) is 0 Å². The predicted molar refractivity (Wildman–Crippen MR) is 88.9 cm³/mol. The van der Waals surface area contributed by atoms with Crippen molar-refractivity contribution < 1.29 is 19.0 Å². The molecule has 3 rings (SSSR count). The highest BCUT2D eigenvalue weighted by Gasteiger charge is 2.19. The van der Waals surface area contributed by atoms with Crippen LogP contribution in [0.4, 0.5) is 5.69 Å². The van der Waals surface area contributed by atoms with E-state index in [9.17, 15) is 14.9 Å². The fourth-order valence-electron chi connectivity index (χ4n) is 2.38. The first-order chi connectivity index (χ1) is 12.1. The van der Waals surface area contributed by atoms with Gasteiger partial charge in [0.25, 0.3) is 5.69 Å². The summed E-state index contributed by atoms with van der Waals surface area (Å²) in [6, 6.07) is 15.4. The summed E-state index contributed by atoms with van der Waals surface area (Å²) in [7, 11) is 0. The summed E-state index contributed by atoms with van der Waals surface area (Å²) in [6.45, 7) is 1.43. The highest BCUT2D eigenvalue weighted by atomic mass is 16.6. The van der Waals surface area contributed by atoms with E-state index in [0.717, 1.165) is 5.56 Å². The summed E-state index contributed by atoms with van der Waals surface area (Å²) in [5.74, 6) is -0.0800. The largest absolute Gasteiger partial charge is 0.455 e. The summed E-state index contributed by atoms with van der Waals surface area (Å²) in [6.07, 6.45) is 0. The van der Waals surface area contributed by atoms with E-state index >= 15 is 0 Å². The van der Waals surface area contributed by atoms with Crippen molar-refractivity contribution in [1.82, 2.24) is 5.16 Å². The molecule has 0 N–H and O–H groups in total. The number of esters is 1. The summed E-state index contributed by atoms with van der Waals surface area (Å²) in [5, 5.41) is 14.8. The second-order valence-corrected chi connectivity index (χ2v) is 5.33. The molecule has 126 valence electrons. The van der Waals surface area contributed by atoms with E-state index in [4.69, 9.17) is 9.26 Å². The molecule has 0 fully saturated rings. The minimum Gasteiger partial charge on any atom is -0.455 e. The van der Waals surface area contributed by atoms with Gasteiger partial charge in [0.2, 0.25) is 0 Å². The number of carbonyl (C=O) groups is 1. The van der Waals surface area contributed by atoms with Crippen molar-refractivity contribution in [3.05, 3.63) is 81.5 Å². The van der Waals surface area contributed by atoms with Gasteiger partial charge < -0.3 is 9.26 Å². The van der Waals surface area contributed by atoms with Crippen molar-refractivity contribution in [2.75, 3.05) is 0 Å². The van der Waals surface area contributed by atoms with E-state index in [0.29, 0.717) is 11.5 Å². The number of nitro benzene ring substituents is 1. The maximum Gasteiger partial charge on any atom is 0.339 e. The second-order valence-electron chi connectivity index (χ2n) is 5.33. The molecule has 7 heteroatoms. The van der Waals surface area contributed by atoms with Gasteiger partial charge in [-0.15, -0.1) is 0 Å². The van der Waals surface area contributed by atoms with Gasteiger partial charge in [0.05, 0.1) is 10.5 Å². The molecule has 0 aliphatic rings. The Kier molecular flexibility index (Phi) is 4.56. The molecule has 25 heavy (non-hydrogen) atoms. The standard InChI is InChI=1S/C18H14N2O5/c1-12-15(8-5-9-16(12)20(22)23)18(21)24-11-14-10-17(25-19-14)13-6-3-2-4-7-13/h2-10H,11H2,1H3. The molecule has 0 saturated carbocycles. The molecule has 0 saturated heterocycles. The van der Waals surface area contributed by atoms with Gasteiger partial charge in [-0.3, -0.25) is 10.1 Å². The minimum absolute atomic E-state index is 0.0860. The first-order valence-electron chi connectivity index (χ1n) is 7.48. The van der Waals surface area contributed by atoms with Crippen LogP contribution in [0.25, 0.3) is 11.3 Å². The molecule has 0 atom stereocenters. The minimum atomic E-state index is -0.648. The SMILES string of the molecule is Cc1c(C(=O)OCc2cc(-c3ccccc3)on2)cccc1[N+](=O)[O-]. The third-order valence-corrected chi connectivity index (χ3v) is 3.69. The number of benzene rings is 2. The van der Waals surface area contributed by atoms with E-state index < -0.39 is 10.9 Å². The smallest absolute Gasteiger partial charge is 0.339 e. The number of ether oxygens (including phenoxy) is 1. The fourth-order valence-corrected chi connectivity index (χ4v) is 2.38. The molecule has 3 aromatic rings. The number of carbonyl (C=O) groups excluding carboxylic acids is 1. The number of hydrogen-bond acceptors (Lipinski definition) is 6. The van der Waals surface area contributed by atoms with Crippen LogP contribution in [-0.4, -0.2) is 16.0 Å². The first kappa shape index (κ1) is 16.4. The molecule has 0 radical (unpaired) electrons. The van der Waals surface area contributed by atoms with Crippen LogP contribution in [0.2, 0.25) is 0 Å². The Morgan fingerprint density at radius 1 is 1.20 bits per heavy atom. The molecule has 0 aliphatic carbocycles. The van der Waals surface area contributed by atoms with E-state index in [-0.39, 0.29) is 23.4 Å². The van der Waals surface area contributed by atoms with Gasteiger partial charge in [-0.25, -0.2) is 4.79 Å². The molecule has 2 aromatic carbocycles. The molecule has 7 nitrogen and oxygen atoms in total. The Balaban J connectivity index is 1.70. The third kappa shape index (κ3) is 3.55. The van der Waals surface area contributed by atoms with Gasteiger partial charge in [-0.1, -0.05) is 41.6 Å². The lowest BCUT2D eigenvalue weighted by Gasteiger charge is -2.05. The van der Waals surface area contributed by atoms with E-state index in [1.807, 2.05) is 30.3 Å². The monoisotopic (exact) mass is 338 g/mol. The first-order valence-corrected chi connectivity index (χ1v) is 7.48. The number of hydrogen-bond donors (Lipinski definition) is 0. The number of rotatable bonds is 5. The lowest BCUT2D eigenvalue weighted by molar-refractivity contribution is -0.385. The maximum atomic E-state index is 12.2. The average Bonchev–Trinajstić information content (AvgIpc) is 3.09. The van der Waals surface area contributed by atoms with Crippen LogP contribution in [0.5, 0.6) is 0 Å². The summed E-state index contributed by atoms with van der Waals surface area (Å²) in [4.78, 5) is 22.6. The van der Waals surface area contributed by atoms with Crippen LogP contribution in [-0.2, 0) is 11.3 Å². The van der Waals surface area contributed by atoms with E-state index in [2.05, 4.69) is 5.16 Å². The van der Waals surface area contributed by atoms with E-state index in [1.54, 1.807) is 6.07 Å². The Morgan fingerprint density at radius 3 is 2.68 bits per heavy atom. The van der Waals surface area contributed by atoms with Crippen molar-refractivity contribution in [3.63, 3.8) is 0 Å². The van der Waals surface area contributed by atoms with Gasteiger partial charge >= 0.3 is 5.97 Å². The summed E-state index contributed by atoms with van der Waals surface area (Å²) in [5.41, 5.74) is 1.61. The lowest BCUT2D eigenvalue weighted by Crippen LogP contribution is -2.08. The molecular formula is C18H14N2O5. The quantitative estimate of drug-likeness (QED) is 0.397. The van der Waals surface area contributed by atoms with Crippen LogP contribution in [0, 0.1) is 17.0 Å². The molecule has 0 spiro atoms. The van der Waals surface area contributed by atoms with Crippen LogP contribution < -0.4 is 0 Å². The number of nitrogens with zero attached hydrogens (tertiary/aromatic N) is 2. The zero-order valence-electron chi connectivity index (χ0n) is 13.3. The molecule has 0 amide bonds. The van der Waals surface area contributed by atoms with E-state index in [1.165, 1.54) is 25.1 Å². The lowest BCUT2D eigenvalue weighted by atomic mass is 10.1. The van der Waals surface area contributed by atoms with Crippen LogP contribution in [0.15, 0.2) is 59.1 Å². The number of aromatic nitrogens is 1. The third-order valence-electron chi connectivity index (χ3n) is 3.69. The van der Waals surface area contributed by atoms with Crippen molar-refractivity contribution in [2.45, 2.75) is 13.5 Å². The average molecular weight is 338 g/mol. The Hall–Kier alpha value is -3.48. The second kappa shape index (κ2) is 6.96. The number of nitro groups is 1. The van der Waals surface area contributed by atoms with Crippen molar-refractivity contribution >= 4 is 11.7 Å². The molecule has 0 unspecified atom stereocenters. The molecular weight excluding hydrogens is 324 g/mol. The van der Waals surface area contributed by atoms with Crippen molar-refractivity contribution in [3.8, 4) is 11.3 Å². The Morgan fingerprint density at radius 2 is 1.96 bits per heavy atom. The van der Waals surface area contributed by atoms with Gasteiger partial charge in [-0.05, 0) is 13.0 Å². The fraction of sp³-hybridized carbons (Fsp3) is 0.111. The van der Waals surface area contributed by atoms with Crippen LogP contribution in [0.1, 0.15) is 21.6 Å². The maximum absolute atomic E-state index is 12.2. The zero-order valence-corrected chi connectivity index (χ0v) is 13.3. The predicted octanol–water partition coefficient (Wildman–Crippen LogP) is 3.92. The zero-order chi connectivity index (χ0) is 17.8. The van der Waals surface area contributed by atoms with Crippen LogP contribution >= 0.6 is 0 Å². The van der Waals surface area contributed by atoms with Gasteiger partial charge in [0.1, 0.15) is 12.3 Å². The van der Waals surface area contributed by atoms with Gasteiger partial charge in [0, 0.05) is 23.3 Å². The molecule has 0 aliphatic heterocycles. The molecule has 0 bridgehead atoms. The normalized spacial score (nSPS) is 10.4. The Labute approximate surface area is 143 Å². The summed E-state index contributed by atoms with van der Waals surface area (Å²) >= 11 is 0.